The second-order valence-electron chi connectivity index (χ2n) is 7.14. The van der Waals surface area contributed by atoms with E-state index in [2.05, 4.69) is 53.2 Å². The van der Waals surface area contributed by atoms with Gasteiger partial charge >= 0.3 is 0 Å². The number of fused-ring (bicyclic) bond motifs is 1. The fourth-order valence-corrected chi connectivity index (χ4v) is 3.83. The number of benzene rings is 3. The Morgan fingerprint density at radius 3 is 2.41 bits per heavy atom. The Morgan fingerprint density at radius 1 is 0.931 bits per heavy atom. The fraction of sp³-hybridized carbons (Fsp3) is 0.160. The van der Waals surface area contributed by atoms with Gasteiger partial charge in [0, 0.05) is 29.7 Å². The summed E-state index contributed by atoms with van der Waals surface area (Å²) in [6, 6.07) is 24.8. The third-order valence-corrected chi connectivity index (χ3v) is 5.32. The molecule has 29 heavy (non-hydrogen) atoms. The molecule has 1 heterocycles. The van der Waals surface area contributed by atoms with Crippen LogP contribution in [0, 0.1) is 12.7 Å². The number of amides is 1. The van der Waals surface area contributed by atoms with E-state index in [0.717, 1.165) is 6.54 Å². The second-order valence-corrected chi connectivity index (χ2v) is 7.14. The number of carbonyl (C=O) groups excluding carboxylic acids is 1. The minimum Gasteiger partial charge on any atom is -0.352 e. The third-order valence-electron chi connectivity index (χ3n) is 5.32. The van der Waals surface area contributed by atoms with Gasteiger partial charge in [-0.3, -0.25) is 4.79 Å². The largest absolute Gasteiger partial charge is 0.352 e. The van der Waals surface area contributed by atoms with Crippen LogP contribution < -0.4 is 5.32 Å². The molecule has 1 amide bonds. The van der Waals surface area contributed by atoms with Crippen molar-refractivity contribution in [2.24, 2.45) is 0 Å². The molecule has 1 N–H and O–H groups in total. The van der Waals surface area contributed by atoms with Crippen molar-refractivity contribution in [2.75, 3.05) is 6.54 Å². The van der Waals surface area contributed by atoms with Crippen LogP contribution in [0.25, 0.3) is 10.9 Å². The van der Waals surface area contributed by atoms with Gasteiger partial charge in [0.2, 0.25) is 0 Å². The quantitative estimate of drug-likeness (QED) is 0.491. The van der Waals surface area contributed by atoms with Crippen LogP contribution in [0.15, 0.2) is 78.9 Å². The zero-order valence-electron chi connectivity index (χ0n) is 16.4. The lowest BCUT2D eigenvalue weighted by Crippen LogP contribution is -2.26. The Hall–Kier alpha value is -3.40. The normalized spacial score (nSPS) is 11.0. The van der Waals surface area contributed by atoms with E-state index in [4.69, 9.17) is 0 Å². The Kier molecular flexibility index (Phi) is 5.43. The summed E-state index contributed by atoms with van der Waals surface area (Å²) >= 11 is 0. The zero-order chi connectivity index (χ0) is 20.2. The number of aromatic nitrogens is 1. The van der Waals surface area contributed by atoms with E-state index < -0.39 is 5.82 Å². The SMILES string of the molecule is Cc1c(CCNC(=O)c2ccccc2F)c2ccccc2n1Cc1ccccc1. The van der Waals surface area contributed by atoms with Crippen molar-refractivity contribution in [3.05, 3.63) is 107 Å². The van der Waals surface area contributed by atoms with E-state index in [0.29, 0.717) is 13.0 Å². The molecule has 0 aliphatic rings. The third kappa shape index (κ3) is 3.92. The van der Waals surface area contributed by atoms with E-state index in [-0.39, 0.29) is 11.5 Å². The number of hydrogen-bond acceptors (Lipinski definition) is 1. The van der Waals surface area contributed by atoms with Gasteiger partial charge in [-0.15, -0.1) is 0 Å². The van der Waals surface area contributed by atoms with Crippen LogP contribution in [0.5, 0.6) is 0 Å². The predicted molar refractivity (Wildman–Crippen MR) is 115 cm³/mol. The van der Waals surface area contributed by atoms with Gasteiger partial charge in [0.05, 0.1) is 5.56 Å². The van der Waals surface area contributed by atoms with Crippen molar-refractivity contribution in [1.29, 1.82) is 0 Å². The molecule has 0 saturated heterocycles. The molecule has 4 heteroatoms. The molecule has 0 fully saturated rings. The average molecular weight is 386 g/mol. The molecular weight excluding hydrogens is 363 g/mol. The average Bonchev–Trinajstić information content (AvgIpc) is 3.01. The molecule has 1 aromatic heterocycles. The lowest BCUT2D eigenvalue weighted by Gasteiger charge is -2.10. The van der Waals surface area contributed by atoms with E-state index in [1.54, 1.807) is 12.1 Å². The second kappa shape index (κ2) is 8.31. The summed E-state index contributed by atoms with van der Waals surface area (Å²) in [5, 5.41) is 4.05. The molecule has 0 saturated carbocycles. The van der Waals surface area contributed by atoms with Gasteiger partial charge in [-0.05, 0) is 42.7 Å². The lowest BCUT2D eigenvalue weighted by atomic mass is 10.1. The summed E-state index contributed by atoms with van der Waals surface area (Å²) in [7, 11) is 0. The van der Waals surface area contributed by atoms with E-state index in [1.807, 2.05) is 18.2 Å². The molecule has 0 atom stereocenters. The number of halogens is 1. The van der Waals surface area contributed by atoms with E-state index >= 15 is 0 Å². The van der Waals surface area contributed by atoms with Crippen LogP contribution in [0.2, 0.25) is 0 Å². The molecule has 3 aromatic carbocycles. The maximum absolute atomic E-state index is 13.8. The molecule has 0 aliphatic heterocycles. The van der Waals surface area contributed by atoms with Crippen LogP contribution in [0.4, 0.5) is 4.39 Å². The van der Waals surface area contributed by atoms with Crippen molar-refractivity contribution in [3.8, 4) is 0 Å². The number of nitrogens with one attached hydrogen (secondary N) is 1. The predicted octanol–water partition coefficient (Wildman–Crippen LogP) is 5.11. The number of hydrogen-bond donors (Lipinski definition) is 1. The first-order valence-electron chi connectivity index (χ1n) is 9.78. The van der Waals surface area contributed by atoms with Gasteiger partial charge in [0.1, 0.15) is 5.82 Å². The molecule has 0 spiro atoms. The fourth-order valence-electron chi connectivity index (χ4n) is 3.83. The van der Waals surface area contributed by atoms with Crippen LogP contribution in [0.1, 0.15) is 27.2 Å². The first-order valence-corrected chi connectivity index (χ1v) is 9.78. The van der Waals surface area contributed by atoms with Crippen LogP contribution >= 0.6 is 0 Å². The molecule has 0 unspecified atom stereocenters. The maximum atomic E-state index is 13.8. The van der Waals surface area contributed by atoms with Crippen LogP contribution in [-0.4, -0.2) is 17.0 Å². The molecule has 0 radical (unpaired) electrons. The first kappa shape index (κ1) is 18.9. The Bertz CT molecular complexity index is 1150. The highest BCUT2D eigenvalue weighted by Crippen LogP contribution is 2.27. The first-order chi connectivity index (χ1) is 14.1. The van der Waals surface area contributed by atoms with Crippen molar-refractivity contribution >= 4 is 16.8 Å². The van der Waals surface area contributed by atoms with E-state index in [1.165, 1.54) is 39.9 Å². The van der Waals surface area contributed by atoms with Crippen molar-refractivity contribution in [2.45, 2.75) is 19.9 Å². The summed E-state index contributed by atoms with van der Waals surface area (Å²) in [6.07, 6.45) is 0.689. The number of nitrogens with zero attached hydrogens (tertiary/aromatic N) is 1. The standard InChI is InChI=1S/C25H23FN2O/c1-18-20(15-16-27-25(29)22-12-5-7-13-23(22)26)21-11-6-8-14-24(21)28(18)17-19-9-3-2-4-10-19/h2-14H,15-17H2,1H3,(H,27,29). The maximum Gasteiger partial charge on any atom is 0.254 e. The smallest absolute Gasteiger partial charge is 0.254 e. The van der Waals surface area contributed by atoms with Crippen LogP contribution in [0.3, 0.4) is 0 Å². The summed E-state index contributed by atoms with van der Waals surface area (Å²) in [5.41, 5.74) is 4.91. The van der Waals surface area contributed by atoms with Gasteiger partial charge in [0.15, 0.2) is 0 Å². The topological polar surface area (TPSA) is 34.0 Å². The minimum atomic E-state index is -0.499. The van der Waals surface area contributed by atoms with Gasteiger partial charge in [-0.1, -0.05) is 60.7 Å². The Morgan fingerprint density at radius 2 is 1.62 bits per heavy atom. The highest BCUT2D eigenvalue weighted by Gasteiger charge is 2.15. The highest BCUT2D eigenvalue weighted by molar-refractivity contribution is 5.94. The Balaban J connectivity index is 1.55. The highest BCUT2D eigenvalue weighted by atomic mass is 19.1. The van der Waals surface area contributed by atoms with Gasteiger partial charge in [0.25, 0.3) is 5.91 Å². The molecule has 0 bridgehead atoms. The molecule has 146 valence electrons. The van der Waals surface area contributed by atoms with Gasteiger partial charge in [-0.2, -0.15) is 0 Å². The molecule has 3 nitrogen and oxygen atoms in total. The van der Waals surface area contributed by atoms with Crippen molar-refractivity contribution < 1.29 is 9.18 Å². The summed E-state index contributed by atoms with van der Waals surface area (Å²) < 4.78 is 16.1. The summed E-state index contributed by atoms with van der Waals surface area (Å²) in [4.78, 5) is 12.3. The Labute approximate surface area is 169 Å². The number of carbonyl (C=O) groups is 1. The van der Waals surface area contributed by atoms with E-state index in [9.17, 15) is 9.18 Å². The summed E-state index contributed by atoms with van der Waals surface area (Å²) in [6.45, 7) is 3.37. The van der Waals surface area contributed by atoms with Crippen molar-refractivity contribution in [1.82, 2.24) is 9.88 Å². The monoisotopic (exact) mass is 386 g/mol. The number of rotatable bonds is 6. The lowest BCUT2D eigenvalue weighted by molar-refractivity contribution is 0.0950. The van der Waals surface area contributed by atoms with Gasteiger partial charge < -0.3 is 9.88 Å². The molecular formula is C25H23FN2O. The molecule has 0 aliphatic carbocycles. The molecule has 4 rings (SSSR count). The zero-order valence-corrected chi connectivity index (χ0v) is 16.4. The summed E-state index contributed by atoms with van der Waals surface area (Å²) in [5.74, 6) is -0.880. The van der Waals surface area contributed by atoms with Gasteiger partial charge in [-0.25, -0.2) is 4.39 Å². The minimum absolute atomic E-state index is 0.0794. The molecule has 4 aromatic rings. The van der Waals surface area contributed by atoms with Crippen LogP contribution in [-0.2, 0) is 13.0 Å². The number of para-hydroxylation sites is 1. The van der Waals surface area contributed by atoms with Crippen molar-refractivity contribution in [3.63, 3.8) is 0 Å².